The van der Waals surface area contributed by atoms with Crippen molar-refractivity contribution in [3.8, 4) is 22.6 Å². The van der Waals surface area contributed by atoms with E-state index in [1.54, 1.807) is 7.11 Å². The van der Waals surface area contributed by atoms with Gasteiger partial charge in [0.05, 0.1) is 13.2 Å². The van der Waals surface area contributed by atoms with Crippen molar-refractivity contribution in [1.29, 1.82) is 0 Å². The Morgan fingerprint density at radius 3 is 2.50 bits per heavy atom. The van der Waals surface area contributed by atoms with Crippen LogP contribution >= 0.6 is 0 Å². The van der Waals surface area contributed by atoms with E-state index in [0.717, 1.165) is 28.2 Å². The van der Waals surface area contributed by atoms with Gasteiger partial charge in [0.15, 0.2) is 0 Å². The molecular formula is C17H21NO2. The minimum atomic E-state index is 0.162. The van der Waals surface area contributed by atoms with Crippen molar-refractivity contribution in [3.05, 3.63) is 48.0 Å². The molecule has 0 unspecified atom stereocenters. The molecule has 0 aliphatic rings. The monoisotopic (exact) mass is 271 g/mol. The fraction of sp³-hybridized carbons (Fsp3) is 0.294. The topological polar surface area (TPSA) is 44.5 Å². The van der Waals surface area contributed by atoms with Gasteiger partial charge in [0, 0.05) is 6.54 Å². The molecule has 0 aliphatic heterocycles. The predicted octanol–water partition coefficient (Wildman–Crippen LogP) is 3.61. The van der Waals surface area contributed by atoms with E-state index in [9.17, 15) is 0 Å². The average molecular weight is 271 g/mol. The molecule has 0 heterocycles. The van der Waals surface area contributed by atoms with Crippen molar-refractivity contribution in [2.24, 2.45) is 5.73 Å². The Kier molecular flexibility index (Phi) is 4.64. The summed E-state index contributed by atoms with van der Waals surface area (Å²) in [5.41, 5.74) is 9.12. The van der Waals surface area contributed by atoms with Gasteiger partial charge in [-0.2, -0.15) is 0 Å². The molecule has 0 aliphatic carbocycles. The maximum absolute atomic E-state index is 5.84. The second kappa shape index (κ2) is 6.44. The Bertz CT molecular complexity index is 579. The number of hydrogen-bond donors (Lipinski definition) is 1. The standard InChI is InChI=1S/C17H21NO2/c1-12(2)20-16-6-4-5-13(9-16)17-8-7-15(19-3)10-14(17)11-18/h4-10,12H,11,18H2,1-3H3. The van der Waals surface area contributed by atoms with Crippen molar-refractivity contribution in [2.45, 2.75) is 26.5 Å². The van der Waals surface area contributed by atoms with Gasteiger partial charge in [0.25, 0.3) is 0 Å². The molecule has 3 nitrogen and oxygen atoms in total. The van der Waals surface area contributed by atoms with E-state index < -0.39 is 0 Å². The maximum Gasteiger partial charge on any atom is 0.120 e. The normalized spacial score (nSPS) is 10.7. The first-order valence-corrected chi connectivity index (χ1v) is 6.78. The SMILES string of the molecule is COc1ccc(-c2cccc(OC(C)C)c2)c(CN)c1. The lowest BCUT2D eigenvalue weighted by atomic mass is 9.99. The molecule has 2 rings (SSSR count). The third kappa shape index (κ3) is 3.31. The number of methoxy groups -OCH3 is 1. The highest BCUT2D eigenvalue weighted by atomic mass is 16.5. The number of benzene rings is 2. The number of nitrogens with two attached hydrogens (primary N) is 1. The Morgan fingerprint density at radius 2 is 1.85 bits per heavy atom. The van der Waals surface area contributed by atoms with Crippen LogP contribution in [0.3, 0.4) is 0 Å². The van der Waals surface area contributed by atoms with Crippen molar-refractivity contribution >= 4 is 0 Å². The summed E-state index contributed by atoms with van der Waals surface area (Å²) in [5, 5.41) is 0. The van der Waals surface area contributed by atoms with Crippen LogP contribution in [0.2, 0.25) is 0 Å². The first-order valence-electron chi connectivity index (χ1n) is 6.78. The van der Waals surface area contributed by atoms with Crippen LogP contribution < -0.4 is 15.2 Å². The molecule has 2 aromatic rings. The molecule has 0 spiro atoms. The van der Waals surface area contributed by atoms with Crippen molar-refractivity contribution in [3.63, 3.8) is 0 Å². The van der Waals surface area contributed by atoms with Crippen LogP contribution in [0.25, 0.3) is 11.1 Å². The summed E-state index contributed by atoms with van der Waals surface area (Å²) >= 11 is 0. The van der Waals surface area contributed by atoms with Crippen LogP contribution in [-0.4, -0.2) is 13.2 Å². The minimum absolute atomic E-state index is 0.162. The Labute approximate surface area is 120 Å². The fourth-order valence-corrected chi connectivity index (χ4v) is 2.16. The van der Waals surface area contributed by atoms with E-state index in [2.05, 4.69) is 6.07 Å². The molecular weight excluding hydrogens is 250 g/mol. The molecule has 0 radical (unpaired) electrons. The quantitative estimate of drug-likeness (QED) is 0.903. The highest BCUT2D eigenvalue weighted by Gasteiger charge is 2.07. The second-order valence-corrected chi connectivity index (χ2v) is 4.92. The van der Waals surface area contributed by atoms with Crippen molar-refractivity contribution in [1.82, 2.24) is 0 Å². The number of rotatable bonds is 5. The zero-order valence-corrected chi connectivity index (χ0v) is 12.2. The van der Waals surface area contributed by atoms with E-state index in [1.807, 2.05) is 50.2 Å². The molecule has 20 heavy (non-hydrogen) atoms. The molecule has 106 valence electrons. The average Bonchev–Trinajstić information content (AvgIpc) is 2.46. The highest BCUT2D eigenvalue weighted by Crippen LogP contribution is 2.29. The lowest BCUT2D eigenvalue weighted by Gasteiger charge is -2.13. The number of hydrogen-bond acceptors (Lipinski definition) is 3. The fourth-order valence-electron chi connectivity index (χ4n) is 2.16. The third-order valence-electron chi connectivity index (χ3n) is 3.05. The van der Waals surface area contributed by atoms with Crippen LogP contribution in [0, 0.1) is 0 Å². The van der Waals surface area contributed by atoms with Gasteiger partial charge >= 0.3 is 0 Å². The predicted molar refractivity (Wildman–Crippen MR) is 82.1 cm³/mol. The van der Waals surface area contributed by atoms with Crippen LogP contribution in [0.4, 0.5) is 0 Å². The molecule has 0 aromatic heterocycles. The van der Waals surface area contributed by atoms with Crippen molar-refractivity contribution < 1.29 is 9.47 Å². The maximum atomic E-state index is 5.84. The molecule has 0 saturated heterocycles. The van der Waals surface area contributed by atoms with Gasteiger partial charge in [-0.25, -0.2) is 0 Å². The van der Waals surface area contributed by atoms with Gasteiger partial charge in [-0.15, -0.1) is 0 Å². The minimum Gasteiger partial charge on any atom is -0.497 e. The molecule has 0 saturated carbocycles. The van der Waals surface area contributed by atoms with Crippen molar-refractivity contribution in [2.75, 3.05) is 7.11 Å². The van der Waals surface area contributed by atoms with Crippen LogP contribution in [0.15, 0.2) is 42.5 Å². The summed E-state index contributed by atoms with van der Waals surface area (Å²) in [5.74, 6) is 1.69. The van der Waals surface area contributed by atoms with Gasteiger partial charge in [0.1, 0.15) is 11.5 Å². The Morgan fingerprint density at radius 1 is 1.05 bits per heavy atom. The van der Waals surface area contributed by atoms with E-state index in [0.29, 0.717) is 6.54 Å². The zero-order valence-electron chi connectivity index (χ0n) is 12.2. The molecule has 2 aromatic carbocycles. The van der Waals surface area contributed by atoms with Gasteiger partial charge < -0.3 is 15.2 Å². The lowest BCUT2D eigenvalue weighted by molar-refractivity contribution is 0.242. The molecule has 0 fully saturated rings. The smallest absolute Gasteiger partial charge is 0.120 e. The third-order valence-corrected chi connectivity index (χ3v) is 3.05. The van der Waals surface area contributed by atoms with E-state index >= 15 is 0 Å². The number of ether oxygens (including phenoxy) is 2. The molecule has 0 atom stereocenters. The van der Waals surface area contributed by atoms with Crippen LogP contribution in [0.5, 0.6) is 11.5 Å². The van der Waals surface area contributed by atoms with E-state index in [1.165, 1.54) is 0 Å². The summed E-state index contributed by atoms with van der Waals surface area (Å²) in [7, 11) is 1.66. The first-order chi connectivity index (χ1) is 9.63. The van der Waals surface area contributed by atoms with E-state index in [-0.39, 0.29) is 6.10 Å². The summed E-state index contributed by atoms with van der Waals surface area (Å²) < 4.78 is 11.0. The van der Waals surface area contributed by atoms with E-state index in [4.69, 9.17) is 15.2 Å². The largest absolute Gasteiger partial charge is 0.497 e. The summed E-state index contributed by atoms with van der Waals surface area (Å²) in [6.45, 7) is 4.51. The van der Waals surface area contributed by atoms with Gasteiger partial charge in [-0.3, -0.25) is 0 Å². The molecule has 3 heteroatoms. The zero-order chi connectivity index (χ0) is 14.5. The lowest BCUT2D eigenvalue weighted by Crippen LogP contribution is -2.05. The second-order valence-electron chi connectivity index (χ2n) is 4.92. The highest BCUT2D eigenvalue weighted by molar-refractivity contribution is 5.69. The summed E-state index contributed by atoms with van der Waals surface area (Å²) in [4.78, 5) is 0. The van der Waals surface area contributed by atoms with Crippen LogP contribution in [-0.2, 0) is 6.54 Å². The summed E-state index contributed by atoms with van der Waals surface area (Å²) in [6.07, 6.45) is 0.162. The van der Waals surface area contributed by atoms with Gasteiger partial charge in [-0.1, -0.05) is 18.2 Å². The summed E-state index contributed by atoms with van der Waals surface area (Å²) in [6, 6.07) is 14.0. The molecule has 0 bridgehead atoms. The molecule has 2 N–H and O–H groups in total. The van der Waals surface area contributed by atoms with Gasteiger partial charge in [0.2, 0.25) is 0 Å². The first kappa shape index (κ1) is 14.4. The molecule has 0 amide bonds. The Hall–Kier alpha value is -2.00. The van der Waals surface area contributed by atoms with Gasteiger partial charge in [-0.05, 0) is 54.8 Å². The Balaban J connectivity index is 2.40. The van der Waals surface area contributed by atoms with Crippen LogP contribution in [0.1, 0.15) is 19.4 Å².